The highest BCUT2D eigenvalue weighted by Gasteiger charge is 2.42. The minimum atomic E-state index is -0.414. The molecule has 4 aromatic rings. The molecule has 0 aliphatic carbocycles. The molecule has 3 heterocycles. The Balaban J connectivity index is 1.44. The number of hydrogen-bond acceptors (Lipinski definition) is 7. The Morgan fingerprint density at radius 3 is 2.56 bits per heavy atom. The largest absolute Gasteiger partial charge is 0.497 e. The van der Waals surface area contributed by atoms with E-state index in [4.69, 9.17) is 23.7 Å². The third kappa shape index (κ3) is 4.39. The van der Waals surface area contributed by atoms with Gasteiger partial charge < -0.3 is 28.6 Å². The van der Waals surface area contributed by atoms with Crippen LogP contribution in [0.3, 0.4) is 0 Å². The first-order valence-electron chi connectivity index (χ1n) is 12.8. The molecule has 9 nitrogen and oxygen atoms in total. The highest BCUT2D eigenvalue weighted by Crippen LogP contribution is 2.46. The first-order valence-corrected chi connectivity index (χ1v) is 12.8. The van der Waals surface area contributed by atoms with E-state index in [1.807, 2.05) is 65.6 Å². The topological polar surface area (TPSA) is 95.1 Å². The Morgan fingerprint density at radius 1 is 0.974 bits per heavy atom. The number of hydrogen-bond donors (Lipinski definition) is 1. The molecule has 39 heavy (non-hydrogen) atoms. The van der Waals surface area contributed by atoms with Crippen LogP contribution in [0.25, 0.3) is 11.3 Å². The summed E-state index contributed by atoms with van der Waals surface area (Å²) < 4.78 is 28.0. The number of benzene rings is 3. The predicted octanol–water partition coefficient (Wildman–Crippen LogP) is 5.36. The van der Waals surface area contributed by atoms with E-state index in [9.17, 15) is 4.79 Å². The molecular weight excluding hydrogens is 498 g/mol. The average molecular weight is 528 g/mol. The number of ether oxygens (including phenoxy) is 5. The number of nitrogens with zero attached hydrogens (tertiary/aromatic N) is 2. The van der Waals surface area contributed by atoms with Gasteiger partial charge in [0.25, 0.3) is 5.91 Å². The summed E-state index contributed by atoms with van der Waals surface area (Å²) >= 11 is 0. The summed E-state index contributed by atoms with van der Waals surface area (Å²) in [5, 5.41) is 7.59. The van der Waals surface area contributed by atoms with Gasteiger partial charge in [0.1, 0.15) is 11.4 Å². The summed E-state index contributed by atoms with van der Waals surface area (Å²) in [7, 11) is 3.25. The Morgan fingerprint density at radius 2 is 1.79 bits per heavy atom. The minimum Gasteiger partial charge on any atom is -0.497 e. The second-order valence-electron chi connectivity index (χ2n) is 9.37. The van der Waals surface area contributed by atoms with Gasteiger partial charge in [-0.2, -0.15) is 5.10 Å². The normalized spacial score (nSPS) is 15.4. The second-order valence-corrected chi connectivity index (χ2v) is 9.37. The lowest BCUT2D eigenvalue weighted by Crippen LogP contribution is -2.29. The first kappa shape index (κ1) is 24.7. The van der Waals surface area contributed by atoms with Crippen molar-refractivity contribution < 1.29 is 28.5 Å². The van der Waals surface area contributed by atoms with Crippen LogP contribution < -0.4 is 23.7 Å². The molecule has 9 heteroatoms. The van der Waals surface area contributed by atoms with Crippen LogP contribution in [0.1, 0.15) is 46.6 Å². The molecule has 2 aliphatic rings. The zero-order valence-corrected chi connectivity index (χ0v) is 22.0. The van der Waals surface area contributed by atoms with Gasteiger partial charge in [-0.15, -0.1) is 0 Å². The fraction of sp³-hybridized carbons (Fsp3) is 0.267. The molecular formula is C30H29N3O6. The number of carbonyl (C=O) groups is 1. The van der Waals surface area contributed by atoms with Crippen molar-refractivity contribution in [2.75, 3.05) is 27.6 Å². The van der Waals surface area contributed by atoms with Crippen molar-refractivity contribution in [3.8, 4) is 40.0 Å². The van der Waals surface area contributed by atoms with E-state index in [2.05, 4.69) is 17.1 Å². The van der Waals surface area contributed by atoms with Gasteiger partial charge in [-0.05, 0) is 66.1 Å². The van der Waals surface area contributed by atoms with Crippen molar-refractivity contribution in [2.24, 2.45) is 0 Å². The number of carbonyl (C=O) groups excluding carboxylic acids is 1. The lowest BCUT2D eigenvalue weighted by molar-refractivity contribution is 0.0729. The molecule has 1 N–H and O–H groups in total. The molecule has 1 unspecified atom stereocenters. The van der Waals surface area contributed by atoms with Crippen molar-refractivity contribution in [1.29, 1.82) is 0 Å². The summed E-state index contributed by atoms with van der Waals surface area (Å²) in [5.41, 5.74) is 4.69. The summed E-state index contributed by atoms with van der Waals surface area (Å²) in [4.78, 5) is 15.7. The maximum absolute atomic E-state index is 13.8. The van der Waals surface area contributed by atoms with Crippen LogP contribution in [-0.2, 0) is 6.54 Å². The Kier molecular flexibility index (Phi) is 6.48. The molecule has 3 aromatic carbocycles. The number of amides is 1. The smallest absolute Gasteiger partial charge is 0.273 e. The SMILES string of the molecule is CCCOc1ccc(C2c3c(-c4ccc(OC)cc4)n[nH]c3C(=O)N2Cc2ccc3c(c2)OCO3)cc1OC. The molecule has 0 saturated carbocycles. The van der Waals surface area contributed by atoms with Crippen molar-refractivity contribution in [2.45, 2.75) is 25.9 Å². The van der Waals surface area contributed by atoms with Gasteiger partial charge in [0, 0.05) is 17.7 Å². The fourth-order valence-electron chi connectivity index (χ4n) is 5.10. The highest BCUT2D eigenvalue weighted by molar-refractivity contribution is 6.00. The van der Waals surface area contributed by atoms with Gasteiger partial charge in [0.05, 0.1) is 32.6 Å². The Labute approximate surface area is 226 Å². The van der Waals surface area contributed by atoms with Gasteiger partial charge in [-0.25, -0.2) is 0 Å². The molecule has 6 rings (SSSR count). The first-order chi connectivity index (χ1) is 19.1. The number of methoxy groups -OCH3 is 2. The van der Waals surface area contributed by atoms with Gasteiger partial charge in [-0.1, -0.05) is 19.1 Å². The summed E-state index contributed by atoms with van der Waals surface area (Å²) in [6, 6.07) is 18.8. The van der Waals surface area contributed by atoms with Crippen LogP contribution in [0, 0.1) is 0 Å². The third-order valence-electron chi connectivity index (χ3n) is 6.98. The van der Waals surface area contributed by atoms with E-state index in [0.717, 1.165) is 34.4 Å². The maximum atomic E-state index is 13.8. The molecule has 1 amide bonds. The van der Waals surface area contributed by atoms with Gasteiger partial charge in [-0.3, -0.25) is 9.89 Å². The molecule has 0 radical (unpaired) electrons. The Hall–Kier alpha value is -4.66. The van der Waals surface area contributed by atoms with Crippen LogP contribution >= 0.6 is 0 Å². The summed E-state index contributed by atoms with van der Waals surface area (Å²) in [6.45, 7) is 3.19. The number of H-pyrrole nitrogens is 1. The van der Waals surface area contributed by atoms with Crippen molar-refractivity contribution in [1.82, 2.24) is 15.1 Å². The molecule has 1 aromatic heterocycles. The second kappa shape index (κ2) is 10.2. The van der Waals surface area contributed by atoms with Gasteiger partial charge in [0.2, 0.25) is 6.79 Å². The summed E-state index contributed by atoms with van der Waals surface area (Å²) in [6.07, 6.45) is 0.884. The third-order valence-corrected chi connectivity index (χ3v) is 6.98. The lowest BCUT2D eigenvalue weighted by Gasteiger charge is -2.27. The standard InChI is InChI=1S/C30H29N3O6/c1-4-13-37-22-12-8-20(15-24(22)36-3)29-26-27(19-6-9-21(35-2)10-7-19)31-32-28(26)30(34)33(29)16-18-5-11-23-25(14-18)39-17-38-23/h5-12,14-15,29H,4,13,16-17H2,1-3H3,(H,31,32). The number of aromatic nitrogens is 2. The van der Waals surface area contributed by atoms with Crippen LogP contribution in [0.2, 0.25) is 0 Å². The molecule has 0 bridgehead atoms. The lowest BCUT2D eigenvalue weighted by atomic mass is 9.95. The minimum absolute atomic E-state index is 0.134. The van der Waals surface area contributed by atoms with E-state index in [-0.39, 0.29) is 12.7 Å². The van der Waals surface area contributed by atoms with Crippen LogP contribution in [0.4, 0.5) is 0 Å². The van der Waals surface area contributed by atoms with Crippen molar-refractivity contribution >= 4 is 5.91 Å². The quantitative estimate of drug-likeness (QED) is 0.313. The average Bonchev–Trinajstić information content (AvgIpc) is 3.68. The molecule has 200 valence electrons. The highest BCUT2D eigenvalue weighted by atomic mass is 16.7. The number of fused-ring (bicyclic) bond motifs is 2. The number of nitrogens with one attached hydrogen (secondary N) is 1. The molecule has 0 fully saturated rings. The van der Waals surface area contributed by atoms with E-state index in [1.165, 1.54) is 0 Å². The zero-order chi connectivity index (χ0) is 26.9. The van der Waals surface area contributed by atoms with Gasteiger partial charge in [0.15, 0.2) is 23.0 Å². The van der Waals surface area contributed by atoms with Gasteiger partial charge >= 0.3 is 0 Å². The molecule has 0 spiro atoms. The van der Waals surface area contributed by atoms with E-state index in [1.54, 1.807) is 14.2 Å². The van der Waals surface area contributed by atoms with Crippen LogP contribution in [0.15, 0.2) is 60.7 Å². The van der Waals surface area contributed by atoms with Crippen LogP contribution in [0.5, 0.6) is 28.7 Å². The predicted molar refractivity (Wildman–Crippen MR) is 144 cm³/mol. The van der Waals surface area contributed by atoms with E-state index >= 15 is 0 Å². The van der Waals surface area contributed by atoms with Crippen molar-refractivity contribution in [3.63, 3.8) is 0 Å². The number of rotatable bonds is 9. The van der Waals surface area contributed by atoms with E-state index in [0.29, 0.717) is 47.5 Å². The summed E-state index contributed by atoms with van der Waals surface area (Å²) in [5.74, 6) is 3.26. The fourth-order valence-corrected chi connectivity index (χ4v) is 5.10. The molecule has 0 saturated heterocycles. The maximum Gasteiger partial charge on any atom is 0.273 e. The zero-order valence-electron chi connectivity index (χ0n) is 22.0. The monoisotopic (exact) mass is 527 g/mol. The Bertz CT molecular complexity index is 1510. The van der Waals surface area contributed by atoms with Crippen molar-refractivity contribution in [3.05, 3.63) is 83.0 Å². The molecule has 2 aliphatic heterocycles. The van der Waals surface area contributed by atoms with Crippen LogP contribution in [-0.4, -0.2) is 48.6 Å². The van der Waals surface area contributed by atoms with E-state index < -0.39 is 6.04 Å². The number of aromatic amines is 1. The molecule has 1 atom stereocenters.